The van der Waals surface area contributed by atoms with Gasteiger partial charge in [0.15, 0.2) is 17.6 Å². The second-order valence-electron chi connectivity index (χ2n) is 13.7. The molecule has 1 atom stereocenters. The number of furan rings is 1. The van der Waals surface area contributed by atoms with Crippen LogP contribution in [0.1, 0.15) is 11.8 Å². The van der Waals surface area contributed by atoms with Gasteiger partial charge in [-0.25, -0.2) is 0 Å². The van der Waals surface area contributed by atoms with Crippen molar-refractivity contribution in [3.63, 3.8) is 0 Å². The molecule has 1 aliphatic rings. The molecule has 0 radical (unpaired) electrons. The van der Waals surface area contributed by atoms with E-state index in [0.29, 0.717) is 0 Å². The minimum absolute atomic E-state index is 0.417. The van der Waals surface area contributed by atoms with Gasteiger partial charge in [0.1, 0.15) is 5.58 Å². The van der Waals surface area contributed by atoms with E-state index >= 15 is 0 Å². The Morgan fingerprint density at radius 2 is 1.27 bits per heavy atom. The molecule has 4 heterocycles. The molecule has 244 valence electrons. The summed E-state index contributed by atoms with van der Waals surface area (Å²) in [5.74, 6) is 0.898. The van der Waals surface area contributed by atoms with Gasteiger partial charge in [-0.05, 0) is 58.8 Å². The van der Waals surface area contributed by atoms with E-state index in [1.807, 2.05) is 17.4 Å². The number of nitrogens with zero attached hydrogens (tertiary/aromatic N) is 1. The number of fused-ring (bicyclic) bond motifs is 12. The van der Waals surface area contributed by atoms with Crippen LogP contribution in [0, 0.1) is 0 Å². The summed E-state index contributed by atoms with van der Waals surface area (Å²) in [6.07, 6.45) is -0.417. The predicted molar refractivity (Wildman–Crippen MR) is 217 cm³/mol. The van der Waals surface area contributed by atoms with E-state index in [9.17, 15) is 0 Å². The molecule has 0 saturated heterocycles. The zero-order chi connectivity index (χ0) is 33.9. The molecule has 0 bridgehead atoms. The summed E-state index contributed by atoms with van der Waals surface area (Å²) in [5, 5.41) is 13.2. The number of thiophene rings is 1. The van der Waals surface area contributed by atoms with Crippen LogP contribution >= 0.6 is 11.3 Å². The highest BCUT2D eigenvalue weighted by Crippen LogP contribution is 2.53. The van der Waals surface area contributed by atoms with Crippen molar-refractivity contribution in [3.05, 3.63) is 163 Å². The van der Waals surface area contributed by atoms with E-state index in [1.165, 1.54) is 47.5 Å². The summed E-state index contributed by atoms with van der Waals surface area (Å²) in [7, 11) is 0. The number of rotatable bonds is 3. The first-order valence-corrected chi connectivity index (χ1v) is 18.4. The maximum Gasteiger partial charge on any atom is 0.197 e. The van der Waals surface area contributed by atoms with Crippen LogP contribution in [-0.2, 0) is 0 Å². The number of benzene rings is 8. The lowest BCUT2D eigenvalue weighted by atomic mass is 9.98. The average molecular weight is 685 g/mol. The molecule has 1 unspecified atom stereocenters. The molecule has 0 aliphatic carbocycles. The fourth-order valence-electron chi connectivity index (χ4n) is 8.52. The van der Waals surface area contributed by atoms with E-state index in [4.69, 9.17) is 9.15 Å². The monoisotopic (exact) mass is 684 g/mol. The summed E-state index contributed by atoms with van der Waals surface area (Å²) in [6, 6.07) is 56.3. The zero-order valence-electron chi connectivity index (χ0n) is 27.8. The molecule has 52 heavy (non-hydrogen) atoms. The van der Waals surface area contributed by atoms with E-state index < -0.39 is 6.23 Å². The third-order valence-corrected chi connectivity index (χ3v) is 12.0. The Hall–Kier alpha value is -6.56. The molecule has 3 aromatic heterocycles. The zero-order valence-corrected chi connectivity index (χ0v) is 28.6. The topological polar surface area (TPSA) is 39.3 Å². The van der Waals surface area contributed by atoms with Gasteiger partial charge in [-0.3, -0.25) is 0 Å². The Bertz CT molecular complexity index is 3220. The second-order valence-corrected chi connectivity index (χ2v) is 14.7. The summed E-state index contributed by atoms with van der Waals surface area (Å²) >= 11 is 1.83. The molecule has 1 N–H and O–H groups in total. The van der Waals surface area contributed by atoms with Crippen LogP contribution in [0.5, 0.6) is 5.75 Å². The van der Waals surface area contributed by atoms with Crippen LogP contribution in [0.25, 0.3) is 91.5 Å². The highest BCUT2D eigenvalue weighted by Gasteiger charge is 2.32. The van der Waals surface area contributed by atoms with Crippen molar-refractivity contribution >= 4 is 91.7 Å². The first kappa shape index (κ1) is 28.2. The molecular formula is C47H28N2O2S. The van der Waals surface area contributed by atoms with Crippen molar-refractivity contribution in [1.82, 2.24) is 4.57 Å². The number of nitrogens with one attached hydrogen (secondary N) is 1. The average Bonchev–Trinajstić information content (AvgIpc) is 3.97. The van der Waals surface area contributed by atoms with Crippen LogP contribution < -0.4 is 10.1 Å². The van der Waals surface area contributed by atoms with E-state index in [-0.39, 0.29) is 0 Å². The van der Waals surface area contributed by atoms with E-state index in [1.54, 1.807) is 0 Å². The van der Waals surface area contributed by atoms with Gasteiger partial charge in [0.05, 0.1) is 22.4 Å². The first-order chi connectivity index (χ1) is 25.8. The predicted octanol–water partition coefficient (Wildman–Crippen LogP) is 13.4. The van der Waals surface area contributed by atoms with Gasteiger partial charge in [0.25, 0.3) is 0 Å². The molecular weight excluding hydrogens is 657 g/mol. The Labute approximate surface area is 301 Å². The summed E-state index contributed by atoms with van der Waals surface area (Å²) in [5.41, 5.74) is 9.44. The molecule has 0 saturated carbocycles. The fourth-order valence-corrected chi connectivity index (χ4v) is 9.76. The van der Waals surface area contributed by atoms with Crippen molar-refractivity contribution in [2.24, 2.45) is 0 Å². The standard InChI is InChI=1S/C47H28N2O2S/c1-2-12-28-25-29(22-21-27(28)11-1)35-26-36-44(43-33-16-6-10-20-41(33)52-46(35)43)51-47(48-36)34-23-24-39(45-42(34)32-15-5-9-19-40(32)50-45)49-37-17-7-3-13-30(37)31-14-4-8-18-38(31)49/h1-26,47-48H. The molecule has 12 rings (SSSR count). The SMILES string of the molecule is c1ccc2cc(-c3cc4c(c5c3sc3ccccc35)OC(c3ccc(-n5c6ccccc6c6ccccc65)c5oc6ccccc6c35)N4)ccc2c1. The van der Waals surface area contributed by atoms with Gasteiger partial charge in [0, 0.05) is 52.8 Å². The molecule has 0 amide bonds. The van der Waals surface area contributed by atoms with Crippen LogP contribution in [0.4, 0.5) is 5.69 Å². The van der Waals surface area contributed by atoms with E-state index in [2.05, 4.69) is 162 Å². The Morgan fingerprint density at radius 1 is 0.577 bits per heavy atom. The number of hydrogen-bond donors (Lipinski definition) is 1. The van der Waals surface area contributed by atoms with Gasteiger partial charge < -0.3 is 19.0 Å². The van der Waals surface area contributed by atoms with Crippen LogP contribution in [0.3, 0.4) is 0 Å². The second kappa shape index (κ2) is 10.5. The van der Waals surface area contributed by atoms with Crippen LogP contribution in [0.15, 0.2) is 162 Å². The Balaban J connectivity index is 1.08. The number of hydrogen-bond acceptors (Lipinski definition) is 4. The minimum Gasteiger partial charge on any atom is -0.464 e. The molecule has 0 spiro atoms. The highest BCUT2D eigenvalue weighted by atomic mass is 32.1. The smallest absolute Gasteiger partial charge is 0.197 e. The Kier molecular flexibility index (Phi) is 5.68. The molecule has 11 aromatic rings. The highest BCUT2D eigenvalue weighted by molar-refractivity contribution is 7.26. The van der Waals surface area contributed by atoms with E-state index in [0.717, 1.165) is 61.0 Å². The fraction of sp³-hybridized carbons (Fsp3) is 0.0213. The number of aromatic nitrogens is 1. The lowest BCUT2D eigenvalue weighted by Crippen LogP contribution is -2.11. The molecule has 5 heteroatoms. The number of para-hydroxylation sites is 3. The molecule has 0 fully saturated rings. The largest absolute Gasteiger partial charge is 0.464 e. The Morgan fingerprint density at radius 3 is 2.10 bits per heavy atom. The maximum atomic E-state index is 7.08. The van der Waals surface area contributed by atoms with Crippen molar-refractivity contribution in [1.29, 1.82) is 0 Å². The third kappa shape index (κ3) is 3.86. The molecule has 1 aliphatic heterocycles. The summed E-state index contributed by atoms with van der Waals surface area (Å²) in [4.78, 5) is 0. The lowest BCUT2D eigenvalue weighted by molar-refractivity contribution is 0.264. The van der Waals surface area contributed by atoms with Crippen molar-refractivity contribution in [2.75, 3.05) is 5.32 Å². The maximum absolute atomic E-state index is 7.08. The van der Waals surface area contributed by atoms with Gasteiger partial charge in [-0.15, -0.1) is 11.3 Å². The number of ether oxygens (including phenoxy) is 1. The van der Waals surface area contributed by atoms with Gasteiger partial charge in [0.2, 0.25) is 0 Å². The van der Waals surface area contributed by atoms with Gasteiger partial charge in [-0.1, -0.05) is 115 Å². The van der Waals surface area contributed by atoms with Crippen molar-refractivity contribution < 1.29 is 9.15 Å². The number of anilines is 1. The van der Waals surface area contributed by atoms with Gasteiger partial charge >= 0.3 is 0 Å². The molecule has 8 aromatic carbocycles. The lowest BCUT2D eigenvalue weighted by Gasteiger charge is -2.16. The van der Waals surface area contributed by atoms with Crippen LogP contribution in [-0.4, -0.2) is 4.57 Å². The quantitative estimate of drug-likeness (QED) is 0.201. The molecule has 4 nitrogen and oxygen atoms in total. The first-order valence-electron chi connectivity index (χ1n) is 17.6. The third-order valence-electron chi connectivity index (χ3n) is 10.8. The van der Waals surface area contributed by atoms with Gasteiger partial charge in [-0.2, -0.15) is 0 Å². The summed E-state index contributed by atoms with van der Waals surface area (Å²) in [6.45, 7) is 0. The van der Waals surface area contributed by atoms with Crippen LogP contribution in [0.2, 0.25) is 0 Å². The minimum atomic E-state index is -0.417. The normalized spacial score (nSPS) is 14.3. The summed E-state index contributed by atoms with van der Waals surface area (Å²) < 4.78 is 18.7. The van der Waals surface area contributed by atoms with Crippen molar-refractivity contribution in [3.8, 4) is 22.6 Å². The van der Waals surface area contributed by atoms with Crippen molar-refractivity contribution in [2.45, 2.75) is 6.23 Å².